The maximum absolute atomic E-state index is 12.5. The Labute approximate surface area is 136 Å². The van der Waals surface area contributed by atoms with Gasteiger partial charge in [-0.25, -0.2) is 4.79 Å². The number of ether oxygens (including phenoxy) is 1. The van der Waals surface area contributed by atoms with Crippen LogP contribution in [0.3, 0.4) is 0 Å². The van der Waals surface area contributed by atoms with Gasteiger partial charge in [0.25, 0.3) is 5.91 Å². The standard InChI is InChI=1S/C18H23NO4/c1-11-7-12(2)9-14(8-11)17(21)19-16(18(22)23-3)13-5-4-6-15(20)10-13/h7-9,13,16H,4-6,10H2,1-3H3,(H,19,21)/t13-,16-/m0/s1. The van der Waals surface area contributed by atoms with Crippen LogP contribution in [0.1, 0.15) is 47.2 Å². The molecular formula is C18H23NO4. The van der Waals surface area contributed by atoms with E-state index in [0.717, 1.165) is 24.0 Å². The van der Waals surface area contributed by atoms with Gasteiger partial charge in [-0.3, -0.25) is 9.59 Å². The van der Waals surface area contributed by atoms with E-state index in [9.17, 15) is 14.4 Å². The van der Waals surface area contributed by atoms with Crippen LogP contribution in [0.25, 0.3) is 0 Å². The molecule has 1 aliphatic rings. The van der Waals surface area contributed by atoms with Crippen LogP contribution in [0.2, 0.25) is 0 Å². The number of aryl methyl sites for hydroxylation is 2. The molecule has 0 aromatic heterocycles. The summed E-state index contributed by atoms with van der Waals surface area (Å²) in [5.74, 6) is -0.873. The summed E-state index contributed by atoms with van der Waals surface area (Å²) in [5.41, 5.74) is 2.48. The van der Waals surface area contributed by atoms with Crippen molar-refractivity contribution in [2.45, 2.75) is 45.6 Å². The number of benzene rings is 1. The number of Topliss-reactive ketones (excluding diaryl/α,β-unsaturated/α-hetero) is 1. The van der Waals surface area contributed by atoms with Gasteiger partial charge in [-0.05, 0) is 44.7 Å². The largest absolute Gasteiger partial charge is 0.467 e. The van der Waals surface area contributed by atoms with E-state index >= 15 is 0 Å². The fraction of sp³-hybridized carbons (Fsp3) is 0.500. The molecule has 1 amide bonds. The summed E-state index contributed by atoms with van der Waals surface area (Å²) < 4.78 is 4.82. The molecule has 23 heavy (non-hydrogen) atoms. The summed E-state index contributed by atoms with van der Waals surface area (Å²) in [6.07, 6.45) is 2.34. The van der Waals surface area contributed by atoms with Crippen molar-refractivity contribution in [1.82, 2.24) is 5.32 Å². The average Bonchev–Trinajstić information content (AvgIpc) is 2.50. The Balaban J connectivity index is 2.18. The first-order valence-electron chi connectivity index (χ1n) is 7.89. The van der Waals surface area contributed by atoms with E-state index in [-0.39, 0.29) is 17.6 Å². The van der Waals surface area contributed by atoms with Crippen molar-refractivity contribution >= 4 is 17.7 Å². The van der Waals surface area contributed by atoms with E-state index in [2.05, 4.69) is 5.32 Å². The van der Waals surface area contributed by atoms with E-state index in [4.69, 9.17) is 4.74 Å². The summed E-state index contributed by atoms with van der Waals surface area (Å²) in [6.45, 7) is 3.84. The Bertz CT molecular complexity index is 603. The lowest BCUT2D eigenvalue weighted by atomic mass is 9.83. The van der Waals surface area contributed by atoms with Crippen LogP contribution in [-0.4, -0.2) is 30.8 Å². The number of hydrogen-bond donors (Lipinski definition) is 1. The van der Waals surface area contributed by atoms with Crippen LogP contribution in [0.4, 0.5) is 0 Å². The predicted octanol–water partition coefficient (Wildman–Crippen LogP) is 2.33. The molecule has 124 valence electrons. The molecule has 1 aliphatic carbocycles. The molecule has 0 spiro atoms. The fourth-order valence-electron chi connectivity index (χ4n) is 3.17. The van der Waals surface area contributed by atoms with Gasteiger partial charge >= 0.3 is 5.97 Å². The summed E-state index contributed by atoms with van der Waals surface area (Å²) in [5, 5.41) is 2.76. The second-order valence-electron chi connectivity index (χ2n) is 6.25. The molecule has 0 bridgehead atoms. The number of amides is 1. The number of carbonyl (C=O) groups is 3. The second-order valence-corrected chi connectivity index (χ2v) is 6.25. The molecule has 1 fully saturated rings. The van der Waals surface area contributed by atoms with Crippen LogP contribution >= 0.6 is 0 Å². The summed E-state index contributed by atoms with van der Waals surface area (Å²) in [7, 11) is 1.29. The van der Waals surface area contributed by atoms with E-state index < -0.39 is 12.0 Å². The highest BCUT2D eigenvalue weighted by molar-refractivity contribution is 5.97. The molecular weight excluding hydrogens is 294 g/mol. The quantitative estimate of drug-likeness (QED) is 0.865. The lowest BCUT2D eigenvalue weighted by Gasteiger charge is -2.28. The number of esters is 1. The van der Waals surface area contributed by atoms with Gasteiger partial charge in [-0.15, -0.1) is 0 Å². The topological polar surface area (TPSA) is 72.5 Å². The lowest BCUT2D eigenvalue weighted by molar-refractivity contribution is -0.145. The van der Waals surface area contributed by atoms with Crippen LogP contribution in [0, 0.1) is 19.8 Å². The number of ketones is 1. The molecule has 1 aromatic rings. The summed E-state index contributed by atoms with van der Waals surface area (Å²) in [6, 6.07) is 4.76. The molecule has 1 N–H and O–H groups in total. The Kier molecular flexibility index (Phi) is 5.53. The van der Waals surface area contributed by atoms with E-state index in [1.165, 1.54) is 7.11 Å². The molecule has 1 saturated carbocycles. The van der Waals surface area contributed by atoms with E-state index in [0.29, 0.717) is 18.4 Å². The van der Waals surface area contributed by atoms with Crippen LogP contribution in [0.5, 0.6) is 0 Å². The average molecular weight is 317 g/mol. The lowest BCUT2D eigenvalue weighted by Crippen LogP contribution is -2.48. The normalized spacial score (nSPS) is 19.1. The molecule has 0 unspecified atom stereocenters. The SMILES string of the molecule is COC(=O)[C@@H](NC(=O)c1cc(C)cc(C)c1)[C@H]1CCCC(=O)C1. The Morgan fingerprint density at radius 3 is 2.43 bits per heavy atom. The minimum Gasteiger partial charge on any atom is -0.467 e. The first-order chi connectivity index (χ1) is 10.9. The molecule has 0 aliphatic heterocycles. The number of carbonyl (C=O) groups excluding carboxylic acids is 3. The molecule has 0 heterocycles. The minimum absolute atomic E-state index is 0.135. The zero-order chi connectivity index (χ0) is 17.0. The van der Waals surface area contributed by atoms with Crippen molar-refractivity contribution in [1.29, 1.82) is 0 Å². The minimum atomic E-state index is -0.780. The number of methoxy groups -OCH3 is 1. The monoisotopic (exact) mass is 317 g/mol. The van der Waals surface area contributed by atoms with Crippen molar-refractivity contribution in [2.24, 2.45) is 5.92 Å². The van der Waals surface area contributed by atoms with Crippen molar-refractivity contribution < 1.29 is 19.1 Å². The molecule has 5 nitrogen and oxygen atoms in total. The zero-order valence-electron chi connectivity index (χ0n) is 13.8. The van der Waals surface area contributed by atoms with Gasteiger partial charge in [-0.1, -0.05) is 17.2 Å². The molecule has 2 rings (SSSR count). The van der Waals surface area contributed by atoms with E-state index in [1.54, 1.807) is 12.1 Å². The molecule has 0 saturated heterocycles. The molecule has 1 aromatic carbocycles. The zero-order valence-corrected chi connectivity index (χ0v) is 13.8. The van der Waals surface area contributed by atoms with Crippen molar-refractivity contribution in [3.8, 4) is 0 Å². The van der Waals surface area contributed by atoms with Crippen molar-refractivity contribution in [3.05, 3.63) is 34.9 Å². The third-order valence-electron chi connectivity index (χ3n) is 4.22. The first kappa shape index (κ1) is 17.2. The number of hydrogen-bond acceptors (Lipinski definition) is 4. The maximum atomic E-state index is 12.5. The summed E-state index contributed by atoms with van der Waals surface area (Å²) in [4.78, 5) is 36.2. The third kappa shape index (κ3) is 4.41. The van der Waals surface area contributed by atoms with Gasteiger partial charge in [0.1, 0.15) is 11.8 Å². The van der Waals surface area contributed by atoms with Crippen LogP contribution < -0.4 is 5.32 Å². The van der Waals surface area contributed by atoms with Gasteiger partial charge in [0, 0.05) is 18.4 Å². The van der Waals surface area contributed by atoms with Gasteiger partial charge < -0.3 is 10.1 Å². The third-order valence-corrected chi connectivity index (χ3v) is 4.22. The van der Waals surface area contributed by atoms with Gasteiger partial charge in [0.05, 0.1) is 7.11 Å². The smallest absolute Gasteiger partial charge is 0.328 e. The Morgan fingerprint density at radius 2 is 1.87 bits per heavy atom. The van der Waals surface area contributed by atoms with Crippen molar-refractivity contribution in [2.75, 3.05) is 7.11 Å². The van der Waals surface area contributed by atoms with Crippen LogP contribution in [0.15, 0.2) is 18.2 Å². The number of nitrogens with one attached hydrogen (secondary N) is 1. The van der Waals surface area contributed by atoms with Gasteiger partial charge in [-0.2, -0.15) is 0 Å². The highest BCUT2D eigenvalue weighted by atomic mass is 16.5. The summed E-state index contributed by atoms with van der Waals surface area (Å²) >= 11 is 0. The highest BCUT2D eigenvalue weighted by Gasteiger charge is 2.34. The van der Waals surface area contributed by atoms with Crippen LogP contribution in [-0.2, 0) is 14.3 Å². The highest BCUT2D eigenvalue weighted by Crippen LogP contribution is 2.25. The van der Waals surface area contributed by atoms with E-state index in [1.807, 2.05) is 19.9 Å². The molecule has 5 heteroatoms. The first-order valence-corrected chi connectivity index (χ1v) is 7.89. The molecule has 2 atom stereocenters. The Hall–Kier alpha value is -2.17. The fourth-order valence-corrected chi connectivity index (χ4v) is 3.17. The maximum Gasteiger partial charge on any atom is 0.328 e. The number of rotatable bonds is 4. The van der Waals surface area contributed by atoms with Gasteiger partial charge in [0.15, 0.2) is 0 Å². The van der Waals surface area contributed by atoms with Crippen molar-refractivity contribution in [3.63, 3.8) is 0 Å². The Morgan fingerprint density at radius 1 is 1.22 bits per heavy atom. The molecule has 0 radical (unpaired) electrons. The second kappa shape index (κ2) is 7.40. The predicted molar refractivity (Wildman–Crippen MR) is 86.2 cm³/mol. The van der Waals surface area contributed by atoms with Gasteiger partial charge in [0.2, 0.25) is 0 Å².